The smallest absolute Gasteiger partial charge is 0.200 e. The highest BCUT2D eigenvalue weighted by atomic mass is 79.9. The summed E-state index contributed by atoms with van der Waals surface area (Å²) in [5.41, 5.74) is 0.447. The second kappa shape index (κ2) is 5.50. The summed E-state index contributed by atoms with van der Waals surface area (Å²) in [6, 6.07) is 11.4. The van der Waals surface area contributed by atoms with Crippen molar-refractivity contribution in [2.24, 2.45) is 0 Å². The van der Waals surface area contributed by atoms with Crippen LogP contribution in [0.3, 0.4) is 0 Å². The van der Waals surface area contributed by atoms with E-state index in [4.69, 9.17) is 12.2 Å². The first kappa shape index (κ1) is 14.1. The second-order valence-corrected chi connectivity index (χ2v) is 5.57. The van der Waals surface area contributed by atoms with Crippen molar-refractivity contribution in [1.82, 2.24) is 14.8 Å². The van der Waals surface area contributed by atoms with Crippen molar-refractivity contribution < 1.29 is 8.78 Å². The van der Waals surface area contributed by atoms with Gasteiger partial charge in [0.15, 0.2) is 10.6 Å². The Morgan fingerprint density at radius 2 is 1.71 bits per heavy atom. The maximum Gasteiger partial charge on any atom is 0.200 e. The number of hydrogen-bond acceptors (Lipinski definition) is 2. The summed E-state index contributed by atoms with van der Waals surface area (Å²) in [6.07, 6.45) is 0. The molecule has 3 rings (SSSR count). The van der Waals surface area contributed by atoms with E-state index < -0.39 is 11.6 Å². The molecule has 0 saturated carbocycles. The van der Waals surface area contributed by atoms with E-state index in [0.717, 1.165) is 0 Å². The van der Waals surface area contributed by atoms with Gasteiger partial charge in [0.2, 0.25) is 0 Å². The van der Waals surface area contributed by atoms with Gasteiger partial charge in [0.1, 0.15) is 11.6 Å². The summed E-state index contributed by atoms with van der Waals surface area (Å²) in [6.45, 7) is 0. The van der Waals surface area contributed by atoms with Gasteiger partial charge in [-0.25, -0.2) is 8.78 Å². The molecular formula is C14H8BrF2N3S. The standard InChI is InChI=1S/C14H8BrF2N3S/c15-8-6-10(16)12(11(17)7-8)13-18-19-14(21)20(13)9-4-2-1-3-5-9/h1-7H,(H,19,21). The molecule has 7 heteroatoms. The van der Waals surface area contributed by atoms with Crippen molar-refractivity contribution in [3.63, 3.8) is 0 Å². The lowest BCUT2D eigenvalue weighted by molar-refractivity contribution is 0.585. The minimum atomic E-state index is -0.715. The SMILES string of the molecule is Fc1cc(Br)cc(F)c1-c1n[nH]c(=S)n1-c1ccccc1. The average molecular weight is 368 g/mol. The minimum Gasteiger partial charge on any atom is -0.268 e. The molecule has 0 bridgehead atoms. The molecule has 3 nitrogen and oxygen atoms in total. The highest BCUT2D eigenvalue weighted by Crippen LogP contribution is 2.29. The van der Waals surface area contributed by atoms with Crippen LogP contribution < -0.4 is 0 Å². The quantitative estimate of drug-likeness (QED) is 0.669. The third kappa shape index (κ3) is 2.54. The Hall–Kier alpha value is -1.86. The normalized spacial score (nSPS) is 10.8. The molecule has 106 valence electrons. The zero-order chi connectivity index (χ0) is 15.0. The predicted molar refractivity (Wildman–Crippen MR) is 81.8 cm³/mol. The Morgan fingerprint density at radius 1 is 1.10 bits per heavy atom. The summed E-state index contributed by atoms with van der Waals surface area (Å²) >= 11 is 8.21. The van der Waals surface area contributed by atoms with E-state index >= 15 is 0 Å². The molecule has 0 radical (unpaired) electrons. The minimum absolute atomic E-state index is 0.0914. The summed E-state index contributed by atoms with van der Waals surface area (Å²) in [5, 5.41) is 6.54. The lowest BCUT2D eigenvalue weighted by Gasteiger charge is -2.08. The molecule has 0 unspecified atom stereocenters. The number of H-pyrrole nitrogens is 1. The molecule has 0 spiro atoms. The monoisotopic (exact) mass is 367 g/mol. The molecule has 1 N–H and O–H groups in total. The number of rotatable bonds is 2. The van der Waals surface area contributed by atoms with Gasteiger partial charge in [0.05, 0.1) is 5.56 Å². The fourth-order valence-electron chi connectivity index (χ4n) is 2.04. The number of aromatic amines is 1. The molecule has 21 heavy (non-hydrogen) atoms. The van der Waals surface area contributed by atoms with E-state index in [9.17, 15) is 8.78 Å². The van der Waals surface area contributed by atoms with Gasteiger partial charge in [-0.2, -0.15) is 5.10 Å². The molecule has 1 heterocycles. The maximum atomic E-state index is 14.1. The van der Waals surface area contributed by atoms with Crippen LogP contribution in [0, 0.1) is 16.4 Å². The Labute approximate surface area is 132 Å². The number of benzene rings is 2. The molecule has 2 aromatic carbocycles. The third-order valence-electron chi connectivity index (χ3n) is 2.92. The molecule has 0 aliphatic heterocycles. The van der Waals surface area contributed by atoms with Gasteiger partial charge in [-0.1, -0.05) is 34.1 Å². The zero-order valence-corrected chi connectivity index (χ0v) is 12.9. The van der Waals surface area contributed by atoms with Crippen molar-refractivity contribution in [3.05, 3.63) is 63.3 Å². The van der Waals surface area contributed by atoms with E-state index in [1.165, 1.54) is 16.7 Å². The van der Waals surface area contributed by atoms with Crippen LogP contribution in [0.1, 0.15) is 0 Å². The van der Waals surface area contributed by atoms with Crippen molar-refractivity contribution in [1.29, 1.82) is 0 Å². The second-order valence-electron chi connectivity index (χ2n) is 4.27. The summed E-state index contributed by atoms with van der Waals surface area (Å²) < 4.78 is 30.3. The molecule has 0 aliphatic carbocycles. The van der Waals surface area contributed by atoms with E-state index in [1.807, 2.05) is 18.2 Å². The first-order chi connectivity index (χ1) is 10.1. The third-order valence-corrected chi connectivity index (χ3v) is 3.65. The van der Waals surface area contributed by atoms with Crippen molar-refractivity contribution in [2.75, 3.05) is 0 Å². The van der Waals surface area contributed by atoms with Gasteiger partial charge < -0.3 is 0 Å². The topological polar surface area (TPSA) is 33.6 Å². The van der Waals surface area contributed by atoms with Gasteiger partial charge in [-0.15, -0.1) is 0 Å². The van der Waals surface area contributed by atoms with E-state index in [-0.39, 0.29) is 16.2 Å². The summed E-state index contributed by atoms with van der Waals surface area (Å²) in [4.78, 5) is 0. The van der Waals surface area contributed by atoms with Crippen molar-refractivity contribution in [3.8, 4) is 17.1 Å². The lowest BCUT2D eigenvalue weighted by atomic mass is 10.2. The predicted octanol–water partition coefficient (Wildman–Crippen LogP) is 4.64. The van der Waals surface area contributed by atoms with Gasteiger partial charge in [0, 0.05) is 10.2 Å². The van der Waals surface area contributed by atoms with Crippen LogP contribution in [-0.2, 0) is 0 Å². The number of para-hydroxylation sites is 1. The van der Waals surface area contributed by atoms with Crippen molar-refractivity contribution in [2.45, 2.75) is 0 Å². The molecule has 0 amide bonds. The Bertz CT molecular complexity index is 835. The number of aromatic nitrogens is 3. The molecule has 0 saturated heterocycles. The molecule has 0 atom stereocenters. The van der Waals surface area contributed by atoms with E-state index in [0.29, 0.717) is 10.2 Å². The highest BCUT2D eigenvalue weighted by Gasteiger charge is 2.19. The van der Waals surface area contributed by atoms with Crippen LogP contribution in [0.2, 0.25) is 0 Å². The summed E-state index contributed by atoms with van der Waals surface area (Å²) in [7, 11) is 0. The number of nitrogens with zero attached hydrogens (tertiary/aromatic N) is 2. The fourth-order valence-corrected chi connectivity index (χ4v) is 2.68. The van der Waals surface area contributed by atoms with Crippen LogP contribution in [0.15, 0.2) is 46.9 Å². The Kier molecular flexibility index (Phi) is 3.69. The number of halogens is 3. The molecule has 1 aromatic heterocycles. The molecule has 0 fully saturated rings. The highest BCUT2D eigenvalue weighted by molar-refractivity contribution is 9.10. The largest absolute Gasteiger partial charge is 0.268 e. The van der Waals surface area contributed by atoms with Crippen molar-refractivity contribution >= 4 is 28.1 Å². The van der Waals surface area contributed by atoms with E-state index in [1.54, 1.807) is 12.1 Å². The maximum absolute atomic E-state index is 14.1. The van der Waals surface area contributed by atoms with Crippen LogP contribution in [0.5, 0.6) is 0 Å². The van der Waals surface area contributed by atoms with Crippen LogP contribution in [0.25, 0.3) is 17.1 Å². The van der Waals surface area contributed by atoms with Crippen LogP contribution in [0.4, 0.5) is 8.78 Å². The van der Waals surface area contributed by atoms with Gasteiger partial charge in [0.25, 0.3) is 0 Å². The Morgan fingerprint density at radius 3 is 2.33 bits per heavy atom. The fraction of sp³-hybridized carbons (Fsp3) is 0. The summed E-state index contributed by atoms with van der Waals surface area (Å²) in [5.74, 6) is -1.34. The zero-order valence-electron chi connectivity index (χ0n) is 10.5. The van der Waals surface area contributed by atoms with Gasteiger partial charge in [-0.05, 0) is 36.5 Å². The first-order valence-corrected chi connectivity index (χ1v) is 7.16. The lowest BCUT2D eigenvalue weighted by Crippen LogP contribution is -2.01. The van der Waals surface area contributed by atoms with Gasteiger partial charge in [-0.3, -0.25) is 9.67 Å². The Balaban J connectivity index is 2.30. The number of hydrogen-bond donors (Lipinski definition) is 1. The van der Waals surface area contributed by atoms with E-state index in [2.05, 4.69) is 26.1 Å². The molecular weight excluding hydrogens is 360 g/mol. The van der Waals surface area contributed by atoms with Crippen LogP contribution >= 0.6 is 28.1 Å². The van der Waals surface area contributed by atoms with Crippen LogP contribution in [-0.4, -0.2) is 14.8 Å². The average Bonchev–Trinajstić information content (AvgIpc) is 2.80. The molecule has 0 aliphatic rings. The van der Waals surface area contributed by atoms with Gasteiger partial charge >= 0.3 is 0 Å². The first-order valence-electron chi connectivity index (χ1n) is 5.95. The molecule has 3 aromatic rings. The number of nitrogens with one attached hydrogen (secondary N) is 1.